The number of aryl methyl sites for hydroxylation is 2. The first-order valence-electron chi connectivity index (χ1n) is 6.70. The van der Waals surface area contributed by atoms with E-state index in [9.17, 15) is 8.78 Å². The lowest BCUT2D eigenvalue weighted by Crippen LogP contribution is -2.22. The summed E-state index contributed by atoms with van der Waals surface area (Å²) in [6.07, 6.45) is -1.34. The first kappa shape index (κ1) is 19.2. The number of halogens is 3. The molecule has 0 unspecified atom stereocenters. The van der Waals surface area contributed by atoms with Gasteiger partial charge in [0.2, 0.25) is 0 Å². The van der Waals surface area contributed by atoms with Gasteiger partial charge in [-0.25, -0.2) is 23.7 Å². The van der Waals surface area contributed by atoms with Crippen LogP contribution in [0, 0.1) is 13.8 Å². The zero-order chi connectivity index (χ0) is 16.1. The molecule has 1 heterocycles. The Labute approximate surface area is 150 Å². The van der Waals surface area contributed by atoms with Gasteiger partial charge in [0, 0.05) is 11.9 Å². The lowest BCUT2D eigenvalue weighted by Gasteiger charge is -2.08. The van der Waals surface area contributed by atoms with Crippen molar-refractivity contribution in [3.8, 4) is 0 Å². The number of nitrogens with two attached hydrogens (primary N) is 1. The number of anilines is 1. The van der Waals surface area contributed by atoms with E-state index in [0.29, 0.717) is 0 Å². The fraction of sp³-hybridized carbons (Fsp3) is 0.267. The number of nitrogens with one attached hydrogen (secondary N) is 1. The molecule has 23 heavy (non-hydrogen) atoms. The molecule has 0 bridgehead atoms. The summed E-state index contributed by atoms with van der Waals surface area (Å²) < 4.78 is 25.1. The Bertz CT molecular complexity index is 691. The van der Waals surface area contributed by atoms with E-state index in [1.54, 1.807) is 0 Å². The maximum Gasteiger partial charge on any atom is 0.280 e. The number of benzene rings is 1. The van der Waals surface area contributed by atoms with Gasteiger partial charge in [0.1, 0.15) is 18.1 Å². The third-order valence-electron chi connectivity index (χ3n) is 3.12. The minimum Gasteiger partial charge on any atom is -0.370 e. The second kappa shape index (κ2) is 8.70. The Kier molecular flexibility index (Phi) is 7.27. The highest BCUT2D eigenvalue weighted by molar-refractivity contribution is 14.0. The van der Waals surface area contributed by atoms with Crippen molar-refractivity contribution in [1.82, 2.24) is 9.97 Å². The Morgan fingerprint density at radius 3 is 2.65 bits per heavy atom. The number of rotatable bonds is 4. The number of alkyl halides is 2. The fourth-order valence-corrected chi connectivity index (χ4v) is 1.78. The zero-order valence-electron chi connectivity index (χ0n) is 12.8. The van der Waals surface area contributed by atoms with Gasteiger partial charge in [-0.2, -0.15) is 0 Å². The lowest BCUT2D eigenvalue weighted by atomic mass is 10.1. The zero-order valence-corrected chi connectivity index (χ0v) is 15.1. The molecule has 8 heteroatoms. The molecule has 0 aliphatic rings. The van der Waals surface area contributed by atoms with Crippen molar-refractivity contribution in [2.45, 2.75) is 26.8 Å². The van der Waals surface area contributed by atoms with E-state index >= 15 is 0 Å². The lowest BCUT2D eigenvalue weighted by molar-refractivity contribution is 0.145. The molecule has 5 nitrogen and oxygen atoms in total. The van der Waals surface area contributed by atoms with Gasteiger partial charge in [-0.05, 0) is 43.2 Å². The van der Waals surface area contributed by atoms with Crippen molar-refractivity contribution in [3.05, 3.63) is 53.1 Å². The van der Waals surface area contributed by atoms with Crippen LogP contribution < -0.4 is 11.1 Å². The molecule has 3 N–H and O–H groups in total. The van der Waals surface area contributed by atoms with Gasteiger partial charge < -0.3 is 11.1 Å². The van der Waals surface area contributed by atoms with Crippen LogP contribution in [0.5, 0.6) is 0 Å². The van der Waals surface area contributed by atoms with Gasteiger partial charge in [-0.1, -0.05) is 6.07 Å². The summed E-state index contributed by atoms with van der Waals surface area (Å²) in [5.41, 5.74) is 8.58. The van der Waals surface area contributed by atoms with Crippen LogP contribution in [0.3, 0.4) is 0 Å². The molecule has 0 aliphatic heterocycles. The van der Waals surface area contributed by atoms with Crippen molar-refractivity contribution in [2.75, 3.05) is 5.32 Å². The van der Waals surface area contributed by atoms with E-state index in [-0.39, 0.29) is 48.0 Å². The molecule has 0 atom stereocenters. The van der Waals surface area contributed by atoms with E-state index in [1.165, 1.54) is 17.8 Å². The molecule has 0 saturated carbocycles. The number of hydrogen-bond acceptors (Lipinski definition) is 3. The molecule has 0 radical (unpaired) electrons. The van der Waals surface area contributed by atoms with Gasteiger partial charge in [0.05, 0.1) is 0 Å². The van der Waals surface area contributed by atoms with Crippen LogP contribution in [-0.2, 0) is 6.54 Å². The summed E-state index contributed by atoms with van der Waals surface area (Å²) in [5.74, 6) is 0.372. The number of nitrogens with zero attached hydrogens (tertiary/aromatic N) is 3. The molecule has 0 fully saturated rings. The number of hydrogen-bond donors (Lipinski definition) is 2. The largest absolute Gasteiger partial charge is 0.370 e. The molecule has 2 aromatic rings. The van der Waals surface area contributed by atoms with Crippen molar-refractivity contribution in [1.29, 1.82) is 0 Å². The van der Waals surface area contributed by atoms with Gasteiger partial charge in [0.15, 0.2) is 5.96 Å². The summed E-state index contributed by atoms with van der Waals surface area (Å²) in [5, 5.41) is 2.94. The Morgan fingerprint density at radius 1 is 1.26 bits per heavy atom. The summed E-state index contributed by atoms with van der Waals surface area (Å²) in [6.45, 7) is 4.05. The first-order chi connectivity index (χ1) is 10.5. The van der Waals surface area contributed by atoms with E-state index in [0.717, 1.165) is 11.3 Å². The van der Waals surface area contributed by atoms with E-state index in [4.69, 9.17) is 5.73 Å². The summed E-state index contributed by atoms with van der Waals surface area (Å²) in [7, 11) is 0. The highest BCUT2D eigenvalue weighted by Crippen LogP contribution is 2.15. The molecule has 0 spiro atoms. The van der Waals surface area contributed by atoms with Gasteiger partial charge in [-0.3, -0.25) is 0 Å². The Balaban J connectivity index is 0.00000264. The Hall–Kier alpha value is -1.84. The second-order valence-corrected chi connectivity index (χ2v) is 4.82. The number of guanidine groups is 1. The average molecular weight is 433 g/mol. The van der Waals surface area contributed by atoms with Crippen LogP contribution in [0.1, 0.15) is 29.1 Å². The Morgan fingerprint density at radius 2 is 2.00 bits per heavy atom. The van der Waals surface area contributed by atoms with Crippen LogP contribution >= 0.6 is 24.0 Å². The highest BCUT2D eigenvalue weighted by Gasteiger charge is 2.09. The van der Waals surface area contributed by atoms with E-state index < -0.39 is 6.43 Å². The minimum atomic E-state index is -2.63. The van der Waals surface area contributed by atoms with Gasteiger partial charge >= 0.3 is 0 Å². The maximum absolute atomic E-state index is 12.5. The quantitative estimate of drug-likeness (QED) is 0.439. The summed E-state index contributed by atoms with van der Waals surface area (Å²) >= 11 is 0. The van der Waals surface area contributed by atoms with Crippen molar-refractivity contribution in [2.24, 2.45) is 10.7 Å². The van der Waals surface area contributed by atoms with E-state index in [1.807, 2.05) is 32.0 Å². The van der Waals surface area contributed by atoms with Gasteiger partial charge in [0.25, 0.3) is 6.43 Å². The predicted octanol–water partition coefficient (Wildman–Crippen LogP) is 3.58. The smallest absolute Gasteiger partial charge is 0.280 e. The topological polar surface area (TPSA) is 76.2 Å². The van der Waals surface area contributed by atoms with Crippen LogP contribution in [0.25, 0.3) is 0 Å². The SMILES string of the molecule is Cc1ccc(NC(N)=NCc2nccc(C(F)F)n2)cc1C.I. The fourth-order valence-electron chi connectivity index (χ4n) is 1.78. The molecule has 1 aromatic heterocycles. The first-order valence-corrected chi connectivity index (χ1v) is 6.70. The van der Waals surface area contributed by atoms with Crippen molar-refractivity contribution < 1.29 is 8.78 Å². The highest BCUT2D eigenvalue weighted by atomic mass is 127. The predicted molar refractivity (Wildman–Crippen MR) is 97.3 cm³/mol. The molecule has 124 valence electrons. The van der Waals surface area contributed by atoms with Crippen LogP contribution in [0.2, 0.25) is 0 Å². The van der Waals surface area contributed by atoms with Crippen LogP contribution in [0.15, 0.2) is 35.5 Å². The molecule has 0 saturated heterocycles. The summed E-state index contributed by atoms with van der Waals surface area (Å²) in [4.78, 5) is 11.7. The summed E-state index contributed by atoms with van der Waals surface area (Å²) in [6, 6.07) is 6.99. The van der Waals surface area contributed by atoms with Gasteiger partial charge in [-0.15, -0.1) is 24.0 Å². The standard InChI is InChI=1S/C15H17F2N5.HI/c1-9-3-4-11(7-10(9)2)21-15(18)20-8-13-19-6-5-12(22-13)14(16)17;/h3-7,14H,8H2,1-2H3,(H3,18,20,21);1H. The average Bonchev–Trinajstić information content (AvgIpc) is 2.49. The molecule has 0 aliphatic carbocycles. The normalized spacial score (nSPS) is 11.3. The molecular weight excluding hydrogens is 415 g/mol. The number of aromatic nitrogens is 2. The second-order valence-electron chi connectivity index (χ2n) is 4.82. The molecule has 2 rings (SSSR count). The van der Waals surface area contributed by atoms with Crippen LogP contribution in [0.4, 0.5) is 14.5 Å². The molecule has 1 aromatic carbocycles. The third kappa shape index (κ3) is 5.70. The van der Waals surface area contributed by atoms with E-state index in [2.05, 4.69) is 20.3 Å². The van der Waals surface area contributed by atoms with Crippen molar-refractivity contribution in [3.63, 3.8) is 0 Å². The van der Waals surface area contributed by atoms with Crippen LogP contribution in [-0.4, -0.2) is 15.9 Å². The number of aliphatic imine (C=N–C) groups is 1. The van der Waals surface area contributed by atoms with Crippen molar-refractivity contribution >= 4 is 35.6 Å². The molecule has 0 amide bonds. The third-order valence-corrected chi connectivity index (χ3v) is 3.12. The molecular formula is C15H18F2IN5. The maximum atomic E-state index is 12.5. The monoisotopic (exact) mass is 433 g/mol. The minimum absolute atomic E-state index is 0.